The summed E-state index contributed by atoms with van der Waals surface area (Å²) in [5.41, 5.74) is 2.33. The molecule has 1 aromatic heterocycles. The summed E-state index contributed by atoms with van der Waals surface area (Å²) in [6.07, 6.45) is 10.8. The van der Waals surface area contributed by atoms with Crippen LogP contribution in [-0.4, -0.2) is 15.7 Å². The van der Waals surface area contributed by atoms with Crippen LogP contribution in [0.15, 0.2) is 54.9 Å². The average molecular weight is 295 g/mol. The van der Waals surface area contributed by atoms with Crippen LogP contribution >= 0.6 is 0 Å². The van der Waals surface area contributed by atoms with Crippen LogP contribution in [0.4, 0.5) is 0 Å². The number of amides is 1. The van der Waals surface area contributed by atoms with E-state index < -0.39 is 0 Å². The van der Waals surface area contributed by atoms with Crippen molar-refractivity contribution in [3.8, 4) is 0 Å². The third-order valence-corrected chi connectivity index (χ3v) is 4.05. The van der Waals surface area contributed by atoms with Crippen molar-refractivity contribution in [1.29, 1.82) is 0 Å². The van der Waals surface area contributed by atoms with Crippen LogP contribution < -0.4 is 5.32 Å². The zero-order valence-electron chi connectivity index (χ0n) is 12.6. The molecule has 0 radical (unpaired) electrons. The third-order valence-electron chi connectivity index (χ3n) is 4.05. The number of allylic oxidation sites excluding steroid dienone is 2. The Morgan fingerprint density at radius 1 is 1.27 bits per heavy atom. The Morgan fingerprint density at radius 3 is 2.86 bits per heavy atom. The van der Waals surface area contributed by atoms with Crippen molar-refractivity contribution >= 4 is 5.91 Å². The fourth-order valence-electron chi connectivity index (χ4n) is 2.82. The monoisotopic (exact) mass is 295 g/mol. The maximum atomic E-state index is 12.0. The summed E-state index contributed by atoms with van der Waals surface area (Å²) in [7, 11) is 0. The lowest BCUT2D eigenvalue weighted by atomic mass is 10.0. The fourth-order valence-corrected chi connectivity index (χ4v) is 2.82. The molecule has 0 bridgehead atoms. The lowest BCUT2D eigenvalue weighted by molar-refractivity contribution is -0.121. The summed E-state index contributed by atoms with van der Waals surface area (Å²) in [6.45, 7) is 1.30. The average Bonchev–Trinajstić information content (AvgIpc) is 3.20. The first kappa shape index (κ1) is 14.6. The largest absolute Gasteiger partial charge is 0.352 e. The second kappa shape index (κ2) is 7.07. The van der Waals surface area contributed by atoms with E-state index in [-0.39, 0.29) is 5.91 Å². The lowest BCUT2D eigenvalue weighted by Crippen LogP contribution is -2.25. The molecule has 4 heteroatoms. The van der Waals surface area contributed by atoms with Gasteiger partial charge in [-0.15, -0.1) is 0 Å². The van der Waals surface area contributed by atoms with Gasteiger partial charge < -0.3 is 5.32 Å². The first-order chi connectivity index (χ1) is 10.8. The van der Waals surface area contributed by atoms with Crippen molar-refractivity contribution in [2.24, 2.45) is 5.92 Å². The Labute approximate surface area is 130 Å². The predicted molar refractivity (Wildman–Crippen MR) is 86.1 cm³/mol. The van der Waals surface area contributed by atoms with Gasteiger partial charge in [0.2, 0.25) is 5.91 Å². The normalized spacial score (nSPS) is 16.8. The van der Waals surface area contributed by atoms with Crippen molar-refractivity contribution in [2.45, 2.75) is 32.4 Å². The summed E-state index contributed by atoms with van der Waals surface area (Å²) in [5, 5.41) is 7.28. The fraction of sp³-hybridized carbons (Fsp3) is 0.333. The van der Waals surface area contributed by atoms with E-state index in [0.29, 0.717) is 18.9 Å². The molecule has 0 fully saturated rings. The van der Waals surface area contributed by atoms with Gasteiger partial charge in [-0.3, -0.25) is 9.48 Å². The minimum atomic E-state index is 0.130. The summed E-state index contributed by atoms with van der Waals surface area (Å²) >= 11 is 0. The molecule has 22 heavy (non-hydrogen) atoms. The Bertz CT molecular complexity index is 646. The molecule has 1 aliphatic carbocycles. The molecule has 3 rings (SSSR count). The van der Waals surface area contributed by atoms with Crippen molar-refractivity contribution in [3.05, 3.63) is 66.0 Å². The minimum Gasteiger partial charge on any atom is -0.352 e. The summed E-state index contributed by atoms with van der Waals surface area (Å²) < 4.78 is 1.89. The van der Waals surface area contributed by atoms with Crippen LogP contribution in [0, 0.1) is 5.92 Å². The zero-order chi connectivity index (χ0) is 15.2. The van der Waals surface area contributed by atoms with E-state index in [4.69, 9.17) is 0 Å². The highest BCUT2D eigenvalue weighted by Gasteiger charge is 2.14. The van der Waals surface area contributed by atoms with Crippen LogP contribution in [0.3, 0.4) is 0 Å². The highest BCUT2D eigenvalue weighted by molar-refractivity contribution is 5.76. The smallest absolute Gasteiger partial charge is 0.220 e. The van der Waals surface area contributed by atoms with Crippen LogP contribution in [0.2, 0.25) is 0 Å². The highest BCUT2D eigenvalue weighted by atomic mass is 16.1. The van der Waals surface area contributed by atoms with E-state index in [1.165, 1.54) is 5.56 Å². The third kappa shape index (κ3) is 3.85. The van der Waals surface area contributed by atoms with Crippen LogP contribution in [-0.2, 0) is 17.9 Å². The van der Waals surface area contributed by atoms with E-state index in [0.717, 1.165) is 24.9 Å². The Kier molecular flexibility index (Phi) is 4.68. The molecule has 0 spiro atoms. The van der Waals surface area contributed by atoms with Gasteiger partial charge >= 0.3 is 0 Å². The van der Waals surface area contributed by atoms with Crippen molar-refractivity contribution < 1.29 is 4.79 Å². The zero-order valence-corrected chi connectivity index (χ0v) is 12.6. The molecule has 2 aromatic rings. The number of nitrogens with one attached hydrogen (secondary N) is 1. The summed E-state index contributed by atoms with van der Waals surface area (Å²) in [4.78, 5) is 12.0. The van der Waals surface area contributed by atoms with E-state index >= 15 is 0 Å². The topological polar surface area (TPSA) is 46.9 Å². The predicted octanol–water partition coefficient (Wildman–Crippen LogP) is 2.90. The molecule has 1 aromatic carbocycles. The Morgan fingerprint density at radius 2 is 2.14 bits per heavy atom. The van der Waals surface area contributed by atoms with Crippen LogP contribution in [0.25, 0.3) is 0 Å². The molecule has 1 aliphatic rings. The number of aromatic nitrogens is 2. The van der Waals surface area contributed by atoms with Crippen LogP contribution in [0.1, 0.15) is 30.4 Å². The highest BCUT2D eigenvalue weighted by Crippen LogP contribution is 2.20. The van der Waals surface area contributed by atoms with Gasteiger partial charge in [0.05, 0.1) is 6.54 Å². The van der Waals surface area contributed by atoms with Gasteiger partial charge in [0.25, 0.3) is 0 Å². The van der Waals surface area contributed by atoms with E-state index in [2.05, 4.69) is 34.7 Å². The van der Waals surface area contributed by atoms with E-state index in [1.54, 1.807) is 6.20 Å². The molecule has 0 aliphatic heterocycles. The van der Waals surface area contributed by atoms with Crippen molar-refractivity contribution in [1.82, 2.24) is 15.1 Å². The molecular weight excluding hydrogens is 274 g/mol. The number of carbonyl (C=O) groups excluding carboxylic acids is 1. The second-order valence-corrected chi connectivity index (χ2v) is 5.72. The maximum absolute atomic E-state index is 12.0. The number of hydrogen-bond donors (Lipinski definition) is 1. The standard InChI is InChI=1S/C18H21N3O/c22-18(12-15-6-1-2-7-15)19-13-16-8-3-4-9-17(16)14-21-11-5-10-20-21/h1,3-6,8-11,15H,2,7,12-14H2,(H,19,22)/t15-/m0/s1. The summed E-state index contributed by atoms with van der Waals surface area (Å²) in [6, 6.07) is 10.1. The van der Waals surface area contributed by atoms with Gasteiger partial charge in [-0.05, 0) is 36.0 Å². The lowest BCUT2D eigenvalue weighted by Gasteiger charge is -2.12. The number of nitrogens with zero attached hydrogens (tertiary/aromatic N) is 2. The SMILES string of the molecule is O=C(C[C@H]1C=CCC1)NCc1ccccc1Cn1cccn1. The molecule has 4 nitrogen and oxygen atoms in total. The molecule has 114 valence electrons. The van der Waals surface area contributed by atoms with Gasteiger partial charge in [-0.2, -0.15) is 5.10 Å². The molecule has 0 saturated carbocycles. The molecule has 1 N–H and O–H groups in total. The first-order valence-corrected chi connectivity index (χ1v) is 7.79. The van der Waals surface area contributed by atoms with Gasteiger partial charge in [-0.25, -0.2) is 0 Å². The second-order valence-electron chi connectivity index (χ2n) is 5.72. The molecule has 0 saturated heterocycles. The molecule has 1 amide bonds. The Hall–Kier alpha value is -2.36. The van der Waals surface area contributed by atoms with Gasteiger partial charge in [-0.1, -0.05) is 36.4 Å². The number of carbonyl (C=O) groups is 1. The molecule has 1 heterocycles. The molecule has 0 unspecified atom stereocenters. The number of rotatable bonds is 6. The minimum absolute atomic E-state index is 0.130. The molecule has 1 atom stereocenters. The van der Waals surface area contributed by atoms with E-state index in [1.807, 2.05) is 29.1 Å². The number of benzene rings is 1. The first-order valence-electron chi connectivity index (χ1n) is 7.79. The van der Waals surface area contributed by atoms with Crippen LogP contribution in [0.5, 0.6) is 0 Å². The molecular formula is C18H21N3O. The van der Waals surface area contributed by atoms with Gasteiger partial charge in [0.1, 0.15) is 0 Å². The van der Waals surface area contributed by atoms with Crippen molar-refractivity contribution in [3.63, 3.8) is 0 Å². The quantitative estimate of drug-likeness (QED) is 0.833. The van der Waals surface area contributed by atoms with Gasteiger partial charge in [0.15, 0.2) is 0 Å². The maximum Gasteiger partial charge on any atom is 0.220 e. The van der Waals surface area contributed by atoms with E-state index in [9.17, 15) is 4.79 Å². The summed E-state index contributed by atoms with van der Waals surface area (Å²) in [5.74, 6) is 0.546. The Balaban J connectivity index is 1.57. The number of hydrogen-bond acceptors (Lipinski definition) is 2. The van der Waals surface area contributed by atoms with Crippen molar-refractivity contribution in [2.75, 3.05) is 0 Å². The van der Waals surface area contributed by atoms with Gasteiger partial charge in [0, 0.05) is 25.4 Å².